The Hall–Kier alpha value is -1.66. The van der Waals surface area contributed by atoms with Crippen LogP contribution in [0.3, 0.4) is 0 Å². The Bertz CT molecular complexity index is 955. The number of anilines is 1. The first-order valence-electron chi connectivity index (χ1n) is 8.91. The van der Waals surface area contributed by atoms with Crippen LogP contribution in [0.15, 0.2) is 42.6 Å². The molecule has 7 heteroatoms. The third-order valence-corrected chi connectivity index (χ3v) is 6.43. The predicted octanol–water partition coefficient (Wildman–Crippen LogP) is 5.45. The van der Waals surface area contributed by atoms with E-state index in [1.165, 1.54) is 11.5 Å². The quantitative estimate of drug-likeness (QED) is 0.610. The van der Waals surface area contributed by atoms with Gasteiger partial charge in [-0.05, 0) is 61.3 Å². The van der Waals surface area contributed by atoms with Crippen LogP contribution in [0.4, 0.5) is 5.69 Å². The van der Waals surface area contributed by atoms with Crippen molar-refractivity contribution in [3.63, 3.8) is 0 Å². The Morgan fingerprint density at radius 2 is 2.07 bits per heavy atom. The van der Waals surface area contributed by atoms with E-state index < -0.39 is 0 Å². The summed E-state index contributed by atoms with van der Waals surface area (Å²) >= 11 is 14.1. The predicted molar refractivity (Wildman–Crippen MR) is 113 cm³/mol. The first kappa shape index (κ1) is 18.7. The highest BCUT2D eigenvalue weighted by Gasteiger charge is 2.26. The van der Waals surface area contributed by atoms with Crippen molar-refractivity contribution in [2.24, 2.45) is 5.92 Å². The van der Waals surface area contributed by atoms with Crippen LogP contribution in [-0.4, -0.2) is 28.3 Å². The highest BCUT2D eigenvalue weighted by Crippen LogP contribution is 2.28. The van der Waals surface area contributed by atoms with Crippen LogP contribution in [0.1, 0.15) is 18.4 Å². The Morgan fingerprint density at radius 1 is 1.26 bits per heavy atom. The number of nitrogens with zero attached hydrogens (tertiary/aromatic N) is 2. The lowest BCUT2D eigenvalue weighted by Gasteiger charge is -2.32. The van der Waals surface area contributed by atoms with Gasteiger partial charge in [0, 0.05) is 46.0 Å². The second-order valence-corrected chi connectivity index (χ2v) is 8.49. The van der Waals surface area contributed by atoms with Crippen LogP contribution >= 0.6 is 34.7 Å². The lowest BCUT2D eigenvalue weighted by atomic mass is 9.96. The van der Waals surface area contributed by atoms with Crippen LogP contribution in [-0.2, 0) is 11.3 Å². The lowest BCUT2D eigenvalue weighted by Crippen LogP contribution is -2.40. The minimum absolute atomic E-state index is 0.0451. The highest BCUT2D eigenvalue weighted by molar-refractivity contribution is 7.13. The van der Waals surface area contributed by atoms with Crippen LogP contribution < -0.4 is 5.32 Å². The molecular formula is C20H19Cl2N3OS. The van der Waals surface area contributed by atoms with E-state index >= 15 is 0 Å². The summed E-state index contributed by atoms with van der Waals surface area (Å²) in [5, 5.41) is 5.46. The van der Waals surface area contributed by atoms with Crippen molar-refractivity contribution >= 4 is 56.4 Å². The van der Waals surface area contributed by atoms with Gasteiger partial charge < -0.3 is 5.32 Å². The first-order chi connectivity index (χ1) is 13.1. The number of piperidine rings is 1. The molecule has 27 heavy (non-hydrogen) atoms. The van der Waals surface area contributed by atoms with E-state index in [1.807, 2.05) is 42.6 Å². The van der Waals surface area contributed by atoms with E-state index in [4.69, 9.17) is 23.2 Å². The molecule has 1 aromatic heterocycles. The molecule has 1 atom stereocenters. The molecule has 0 radical (unpaired) electrons. The average molecular weight is 420 g/mol. The van der Waals surface area contributed by atoms with Crippen molar-refractivity contribution in [2.45, 2.75) is 19.4 Å². The molecule has 0 saturated carbocycles. The van der Waals surface area contributed by atoms with Gasteiger partial charge in [0.25, 0.3) is 0 Å². The topological polar surface area (TPSA) is 45.2 Å². The van der Waals surface area contributed by atoms with Gasteiger partial charge >= 0.3 is 0 Å². The number of benzene rings is 2. The zero-order chi connectivity index (χ0) is 18.8. The molecule has 1 aliphatic rings. The van der Waals surface area contributed by atoms with Gasteiger partial charge in [0.15, 0.2) is 0 Å². The summed E-state index contributed by atoms with van der Waals surface area (Å²) in [6.45, 7) is 2.31. The molecular weight excluding hydrogens is 401 g/mol. The summed E-state index contributed by atoms with van der Waals surface area (Å²) < 4.78 is 5.30. The van der Waals surface area contributed by atoms with Crippen molar-refractivity contribution in [1.29, 1.82) is 0 Å². The van der Waals surface area contributed by atoms with E-state index in [2.05, 4.69) is 14.6 Å². The molecule has 1 amide bonds. The fourth-order valence-electron chi connectivity index (χ4n) is 3.51. The van der Waals surface area contributed by atoms with Gasteiger partial charge in [-0.3, -0.25) is 9.69 Å². The number of nitrogens with one attached hydrogen (secondary N) is 1. The summed E-state index contributed by atoms with van der Waals surface area (Å²) in [5.74, 6) is 0.0174. The van der Waals surface area contributed by atoms with Crippen LogP contribution in [0.25, 0.3) is 10.1 Å². The molecule has 4 nitrogen and oxygen atoms in total. The van der Waals surface area contributed by atoms with Crippen molar-refractivity contribution in [3.05, 3.63) is 58.2 Å². The minimum Gasteiger partial charge on any atom is -0.326 e. The number of fused-ring (bicyclic) bond motifs is 1. The number of likely N-dealkylation sites (tertiary alicyclic amines) is 1. The number of hydrogen-bond acceptors (Lipinski definition) is 4. The van der Waals surface area contributed by atoms with Gasteiger partial charge in [0.2, 0.25) is 5.91 Å². The van der Waals surface area contributed by atoms with Gasteiger partial charge in [-0.15, -0.1) is 0 Å². The molecule has 0 bridgehead atoms. The standard InChI is InChI=1S/C20H19Cl2N3OS/c21-17-4-1-5-18(22)16(17)12-25-8-2-3-13(11-25)20(26)24-15-6-7-19-14(9-15)10-23-27-19/h1,4-7,9-10,13H,2-3,8,11-12H2,(H,24,26)/t13-/m1/s1. The Balaban J connectivity index is 1.42. The summed E-state index contributed by atoms with van der Waals surface area (Å²) in [6, 6.07) is 11.5. The number of amides is 1. The largest absolute Gasteiger partial charge is 0.326 e. The molecule has 1 aliphatic heterocycles. The number of hydrogen-bond donors (Lipinski definition) is 1. The van der Waals surface area contributed by atoms with Crippen molar-refractivity contribution in [1.82, 2.24) is 9.27 Å². The van der Waals surface area contributed by atoms with Crippen LogP contribution in [0, 0.1) is 5.92 Å². The zero-order valence-electron chi connectivity index (χ0n) is 14.6. The van der Waals surface area contributed by atoms with Crippen molar-refractivity contribution in [3.8, 4) is 0 Å². The minimum atomic E-state index is -0.0451. The fourth-order valence-corrected chi connectivity index (χ4v) is 4.66. The first-order valence-corrected chi connectivity index (χ1v) is 10.4. The number of rotatable bonds is 4. The number of carbonyl (C=O) groups excluding carboxylic acids is 1. The Kier molecular flexibility index (Phi) is 5.64. The third kappa shape index (κ3) is 4.27. The van der Waals surface area contributed by atoms with E-state index in [9.17, 15) is 4.79 Å². The van der Waals surface area contributed by atoms with Crippen LogP contribution in [0.2, 0.25) is 10.0 Å². The SMILES string of the molecule is O=C(Nc1ccc2sncc2c1)[C@@H]1CCCN(Cc2c(Cl)cccc2Cl)C1. The normalized spacial score (nSPS) is 17.9. The van der Waals surface area contributed by atoms with Crippen molar-refractivity contribution < 1.29 is 4.79 Å². The third-order valence-electron chi connectivity index (χ3n) is 4.94. The Labute approximate surface area is 172 Å². The van der Waals surface area contributed by atoms with E-state index in [0.29, 0.717) is 23.1 Å². The smallest absolute Gasteiger partial charge is 0.228 e. The maximum Gasteiger partial charge on any atom is 0.228 e. The highest BCUT2D eigenvalue weighted by atomic mass is 35.5. The summed E-state index contributed by atoms with van der Waals surface area (Å²) in [4.78, 5) is 15.0. The van der Waals surface area contributed by atoms with Gasteiger partial charge in [-0.25, -0.2) is 0 Å². The molecule has 140 valence electrons. The molecule has 3 aromatic rings. The summed E-state index contributed by atoms with van der Waals surface area (Å²) in [6.07, 6.45) is 3.69. The number of aromatic nitrogens is 1. The molecule has 2 aromatic carbocycles. The van der Waals surface area contributed by atoms with E-state index in [0.717, 1.165) is 40.7 Å². The zero-order valence-corrected chi connectivity index (χ0v) is 16.9. The van der Waals surface area contributed by atoms with Gasteiger partial charge in [-0.1, -0.05) is 29.3 Å². The number of carbonyl (C=O) groups is 1. The van der Waals surface area contributed by atoms with Crippen LogP contribution in [0.5, 0.6) is 0 Å². The second kappa shape index (κ2) is 8.15. The average Bonchev–Trinajstić information content (AvgIpc) is 3.13. The molecule has 0 spiro atoms. The molecule has 4 rings (SSSR count). The van der Waals surface area contributed by atoms with E-state index in [1.54, 1.807) is 0 Å². The summed E-state index contributed by atoms with van der Waals surface area (Å²) in [5.41, 5.74) is 1.75. The molecule has 2 heterocycles. The number of halogens is 2. The van der Waals surface area contributed by atoms with Gasteiger partial charge in [0.1, 0.15) is 0 Å². The molecule has 1 fully saturated rings. The second-order valence-electron chi connectivity index (χ2n) is 6.84. The summed E-state index contributed by atoms with van der Waals surface area (Å²) in [7, 11) is 0. The Morgan fingerprint density at radius 3 is 2.89 bits per heavy atom. The van der Waals surface area contributed by atoms with E-state index in [-0.39, 0.29) is 11.8 Å². The lowest BCUT2D eigenvalue weighted by molar-refractivity contribution is -0.121. The maximum absolute atomic E-state index is 12.8. The molecule has 1 saturated heterocycles. The maximum atomic E-state index is 12.8. The van der Waals surface area contributed by atoms with Crippen molar-refractivity contribution in [2.75, 3.05) is 18.4 Å². The monoisotopic (exact) mass is 419 g/mol. The van der Waals surface area contributed by atoms with Gasteiger partial charge in [-0.2, -0.15) is 4.37 Å². The molecule has 0 unspecified atom stereocenters. The fraction of sp³-hybridized carbons (Fsp3) is 0.300. The molecule has 0 aliphatic carbocycles. The molecule has 1 N–H and O–H groups in total. The van der Waals surface area contributed by atoms with Gasteiger partial charge in [0.05, 0.1) is 10.6 Å².